The van der Waals surface area contributed by atoms with Gasteiger partial charge in [0.05, 0.1) is 29.0 Å². The highest BCUT2D eigenvalue weighted by Crippen LogP contribution is 2.34. The molecule has 3 heterocycles. The van der Waals surface area contributed by atoms with Crippen LogP contribution in [0.2, 0.25) is 0 Å². The van der Waals surface area contributed by atoms with Crippen molar-refractivity contribution in [3.05, 3.63) is 88.1 Å². The highest BCUT2D eigenvalue weighted by Gasteiger charge is 2.38. The molecule has 0 saturated heterocycles. The van der Waals surface area contributed by atoms with Crippen molar-refractivity contribution in [3.8, 4) is 0 Å². The molecule has 1 aliphatic rings. The molecule has 0 saturated carbocycles. The smallest absolute Gasteiger partial charge is 0.271 e. The fourth-order valence-electron chi connectivity index (χ4n) is 2.98. The molecule has 0 bridgehead atoms. The topological polar surface area (TPSA) is 102 Å². The number of anilines is 1. The van der Waals surface area contributed by atoms with Crippen molar-refractivity contribution >= 4 is 17.3 Å². The lowest BCUT2D eigenvalue weighted by Crippen LogP contribution is -2.32. The van der Waals surface area contributed by atoms with E-state index in [2.05, 4.69) is 10.3 Å². The number of amides is 1. The number of aromatic nitrogens is 1. The first-order chi connectivity index (χ1) is 12.6. The van der Waals surface area contributed by atoms with Gasteiger partial charge in [-0.05, 0) is 30.3 Å². The Labute approximate surface area is 148 Å². The monoisotopic (exact) mass is 350 g/mol. The van der Waals surface area contributed by atoms with E-state index in [4.69, 9.17) is 4.42 Å². The van der Waals surface area contributed by atoms with Gasteiger partial charge >= 0.3 is 0 Å². The van der Waals surface area contributed by atoms with Crippen molar-refractivity contribution in [2.45, 2.75) is 12.7 Å². The first kappa shape index (κ1) is 15.8. The van der Waals surface area contributed by atoms with Crippen LogP contribution in [0.15, 0.2) is 65.4 Å². The summed E-state index contributed by atoms with van der Waals surface area (Å²) in [6.45, 7) is 0.259. The minimum absolute atomic E-state index is 0.0295. The average molecular weight is 350 g/mol. The average Bonchev–Trinajstić information content (AvgIpc) is 3.25. The second-order valence-electron chi connectivity index (χ2n) is 5.80. The van der Waals surface area contributed by atoms with Crippen LogP contribution in [0.5, 0.6) is 0 Å². The zero-order chi connectivity index (χ0) is 18.1. The number of rotatable bonds is 5. The van der Waals surface area contributed by atoms with E-state index in [0.717, 1.165) is 0 Å². The molecule has 0 unspecified atom stereocenters. The van der Waals surface area contributed by atoms with Crippen LogP contribution in [0, 0.1) is 10.1 Å². The number of nitrogens with zero attached hydrogens (tertiary/aromatic N) is 3. The molecule has 0 aliphatic carbocycles. The van der Waals surface area contributed by atoms with Crippen LogP contribution in [-0.2, 0) is 6.54 Å². The minimum atomic E-state index is -0.550. The zero-order valence-electron chi connectivity index (χ0n) is 13.5. The molecular formula is C18H14N4O4. The van der Waals surface area contributed by atoms with Gasteiger partial charge in [0.25, 0.3) is 11.6 Å². The van der Waals surface area contributed by atoms with E-state index in [0.29, 0.717) is 22.7 Å². The van der Waals surface area contributed by atoms with Gasteiger partial charge in [-0.25, -0.2) is 0 Å². The highest BCUT2D eigenvalue weighted by molar-refractivity contribution is 5.98. The van der Waals surface area contributed by atoms with E-state index >= 15 is 0 Å². The lowest BCUT2D eigenvalue weighted by molar-refractivity contribution is -0.384. The van der Waals surface area contributed by atoms with Gasteiger partial charge in [0.1, 0.15) is 11.9 Å². The van der Waals surface area contributed by atoms with Crippen LogP contribution >= 0.6 is 0 Å². The molecule has 8 heteroatoms. The molecule has 0 spiro atoms. The van der Waals surface area contributed by atoms with Crippen LogP contribution < -0.4 is 5.32 Å². The van der Waals surface area contributed by atoms with Crippen LogP contribution in [-0.4, -0.2) is 20.7 Å². The van der Waals surface area contributed by atoms with Crippen molar-refractivity contribution < 1.29 is 14.1 Å². The number of nitro groups is 1. The molecule has 130 valence electrons. The summed E-state index contributed by atoms with van der Waals surface area (Å²) in [6, 6.07) is 13.1. The van der Waals surface area contributed by atoms with Gasteiger partial charge in [-0.2, -0.15) is 0 Å². The number of carbonyl (C=O) groups excluding carboxylic acids is 1. The van der Waals surface area contributed by atoms with E-state index in [1.807, 2.05) is 0 Å². The zero-order valence-corrected chi connectivity index (χ0v) is 13.5. The fraction of sp³-hybridized carbons (Fsp3) is 0.111. The number of hydrogen-bond donors (Lipinski definition) is 1. The van der Waals surface area contributed by atoms with Gasteiger partial charge in [-0.15, -0.1) is 0 Å². The Bertz CT molecular complexity index is 971. The highest BCUT2D eigenvalue weighted by atomic mass is 16.6. The van der Waals surface area contributed by atoms with Gasteiger partial charge in [0, 0.05) is 24.0 Å². The van der Waals surface area contributed by atoms with Crippen molar-refractivity contribution in [1.82, 2.24) is 9.88 Å². The maximum absolute atomic E-state index is 12.8. The third-order valence-corrected chi connectivity index (χ3v) is 4.17. The van der Waals surface area contributed by atoms with Gasteiger partial charge in [-0.1, -0.05) is 6.07 Å². The third-order valence-electron chi connectivity index (χ3n) is 4.17. The van der Waals surface area contributed by atoms with E-state index in [9.17, 15) is 14.9 Å². The summed E-state index contributed by atoms with van der Waals surface area (Å²) in [5, 5.41) is 14.2. The number of pyridine rings is 1. The number of nitrogens with one attached hydrogen (secondary N) is 1. The Kier molecular flexibility index (Phi) is 3.85. The molecule has 8 nitrogen and oxygen atoms in total. The Balaban J connectivity index is 1.69. The van der Waals surface area contributed by atoms with Crippen molar-refractivity contribution in [3.63, 3.8) is 0 Å². The summed E-state index contributed by atoms with van der Waals surface area (Å²) in [6.07, 6.45) is 2.61. The second-order valence-corrected chi connectivity index (χ2v) is 5.80. The first-order valence-electron chi connectivity index (χ1n) is 7.93. The van der Waals surface area contributed by atoms with Crippen molar-refractivity contribution in [1.29, 1.82) is 0 Å². The second kappa shape index (κ2) is 6.32. The number of benzene rings is 1. The quantitative estimate of drug-likeness (QED) is 0.559. The summed E-state index contributed by atoms with van der Waals surface area (Å²) in [4.78, 5) is 29.3. The maximum atomic E-state index is 12.8. The maximum Gasteiger partial charge on any atom is 0.271 e. The van der Waals surface area contributed by atoms with E-state index < -0.39 is 11.1 Å². The Morgan fingerprint density at radius 1 is 1.23 bits per heavy atom. The van der Waals surface area contributed by atoms with E-state index in [1.165, 1.54) is 12.1 Å². The first-order valence-corrected chi connectivity index (χ1v) is 7.93. The van der Waals surface area contributed by atoms with Gasteiger partial charge in [-0.3, -0.25) is 19.9 Å². The number of carbonyl (C=O) groups is 1. The minimum Gasteiger partial charge on any atom is -0.467 e. The summed E-state index contributed by atoms with van der Waals surface area (Å²) in [5.74, 6) is 0.462. The number of nitro benzene ring substituents is 1. The van der Waals surface area contributed by atoms with Crippen LogP contribution in [0.4, 0.5) is 11.4 Å². The molecule has 0 radical (unpaired) electrons. The third kappa shape index (κ3) is 2.77. The molecule has 2 aromatic heterocycles. The van der Waals surface area contributed by atoms with E-state index in [-0.39, 0.29) is 18.1 Å². The molecule has 26 heavy (non-hydrogen) atoms. The Hall–Kier alpha value is -3.68. The van der Waals surface area contributed by atoms with Gasteiger partial charge in [0.15, 0.2) is 0 Å². The van der Waals surface area contributed by atoms with Crippen LogP contribution in [0.25, 0.3) is 0 Å². The number of furan rings is 1. The summed E-state index contributed by atoms with van der Waals surface area (Å²) < 4.78 is 5.36. The molecule has 4 rings (SSSR count). The number of hydrogen-bond acceptors (Lipinski definition) is 6. The van der Waals surface area contributed by atoms with E-state index in [1.54, 1.807) is 53.8 Å². The largest absolute Gasteiger partial charge is 0.467 e. The van der Waals surface area contributed by atoms with Crippen molar-refractivity contribution in [2.24, 2.45) is 0 Å². The molecule has 1 amide bonds. The predicted molar refractivity (Wildman–Crippen MR) is 92.3 cm³/mol. The summed E-state index contributed by atoms with van der Waals surface area (Å²) in [5.41, 5.74) is 1.58. The molecule has 1 atom stereocenters. The number of fused-ring (bicyclic) bond motifs is 1. The van der Waals surface area contributed by atoms with Crippen LogP contribution in [0.1, 0.15) is 28.0 Å². The van der Waals surface area contributed by atoms with Gasteiger partial charge in [0.2, 0.25) is 0 Å². The van der Waals surface area contributed by atoms with Gasteiger partial charge < -0.3 is 14.6 Å². The Morgan fingerprint density at radius 3 is 2.88 bits per heavy atom. The number of non-ortho nitro benzene ring substituents is 1. The molecule has 3 aromatic rings. The Morgan fingerprint density at radius 2 is 2.12 bits per heavy atom. The summed E-state index contributed by atoms with van der Waals surface area (Å²) in [7, 11) is 0. The predicted octanol–water partition coefficient (Wildman–Crippen LogP) is 3.35. The molecule has 1 N–H and O–H groups in total. The molecule has 1 aliphatic heterocycles. The van der Waals surface area contributed by atoms with Crippen LogP contribution in [0.3, 0.4) is 0 Å². The van der Waals surface area contributed by atoms with Crippen molar-refractivity contribution in [2.75, 3.05) is 5.32 Å². The molecule has 0 fully saturated rings. The fourth-order valence-corrected chi connectivity index (χ4v) is 2.98. The standard InChI is InChI=1S/C18H14N4O4/c23-18-15-7-2-8-19-16(15)17(21(18)11-14-6-3-9-26-14)20-12-4-1-5-13(10-12)22(24)25/h1-10,17,20H,11H2/t17-/m0/s1. The lowest BCUT2D eigenvalue weighted by Gasteiger charge is -2.25. The molecular weight excluding hydrogens is 336 g/mol. The lowest BCUT2D eigenvalue weighted by atomic mass is 10.2. The molecule has 1 aromatic carbocycles. The SMILES string of the molecule is O=C1c2cccnc2[C@@H](Nc2cccc([N+](=O)[O-])c2)N1Cc1ccco1. The normalized spacial score (nSPS) is 15.8. The summed E-state index contributed by atoms with van der Waals surface area (Å²) >= 11 is 0.